The molecule has 1 amide bonds. The summed E-state index contributed by atoms with van der Waals surface area (Å²) in [5, 5.41) is 10.5. The second-order valence-electron chi connectivity index (χ2n) is 7.35. The largest absolute Gasteiger partial charge is 0.366 e. The molecule has 33 heavy (non-hydrogen) atoms. The number of anilines is 1. The van der Waals surface area contributed by atoms with Crippen LogP contribution in [0.3, 0.4) is 0 Å². The summed E-state index contributed by atoms with van der Waals surface area (Å²) in [5.41, 5.74) is 3.30. The van der Waals surface area contributed by atoms with Gasteiger partial charge in [-0.1, -0.05) is 31.2 Å². The summed E-state index contributed by atoms with van der Waals surface area (Å²) < 4.78 is 15.9. The number of hydrogen-bond acceptors (Lipinski definition) is 5. The lowest BCUT2D eigenvalue weighted by Crippen LogP contribution is -2.25. The summed E-state index contributed by atoms with van der Waals surface area (Å²) >= 11 is 1.79. The number of rotatable bonds is 9. The van der Waals surface area contributed by atoms with Crippen molar-refractivity contribution in [1.82, 2.24) is 19.9 Å². The maximum Gasteiger partial charge on any atom is 0.251 e. The normalized spacial score (nSPS) is 11.0. The maximum absolute atomic E-state index is 14.4. The molecule has 4 aromatic rings. The van der Waals surface area contributed by atoms with E-state index in [1.807, 2.05) is 12.1 Å². The monoisotopic (exact) mass is 459 g/mol. The number of carbonyl (C=O) groups is 1. The molecule has 0 fully saturated rings. The van der Waals surface area contributed by atoms with Gasteiger partial charge in [0.05, 0.1) is 5.69 Å². The van der Waals surface area contributed by atoms with Gasteiger partial charge in [-0.15, -0.1) is 0 Å². The van der Waals surface area contributed by atoms with Crippen LogP contribution < -0.4 is 16.1 Å². The van der Waals surface area contributed by atoms with Crippen LogP contribution in [0, 0.1) is 5.82 Å². The second kappa shape index (κ2) is 10.5. The van der Waals surface area contributed by atoms with E-state index in [1.54, 1.807) is 52.7 Å². The summed E-state index contributed by atoms with van der Waals surface area (Å²) in [5.74, 6) is 2.13. The fourth-order valence-electron chi connectivity index (χ4n) is 3.36. The third-order valence-electron chi connectivity index (χ3n) is 5.07. The number of amides is 1. The number of benzene rings is 2. The van der Waals surface area contributed by atoms with Crippen molar-refractivity contribution >= 4 is 42.4 Å². The molecule has 0 spiro atoms. The van der Waals surface area contributed by atoms with Crippen molar-refractivity contribution in [1.29, 1.82) is 0 Å². The van der Waals surface area contributed by atoms with Crippen molar-refractivity contribution in [2.24, 2.45) is 0 Å². The molecule has 0 saturated carbocycles. The summed E-state index contributed by atoms with van der Waals surface area (Å²) in [7, 11) is 6.03. The molecule has 2 N–H and O–H groups in total. The van der Waals surface area contributed by atoms with E-state index in [1.165, 1.54) is 12.3 Å². The molecule has 2 aromatic carbocycles. The summed E-state index contributed by atoms with van der Waals surface area (Å²) in [6.45, 7) is 3.22. The van der Waals surface area contributed by atoms with Crippen molar-refractivity contribution in [3.8, 4) is 11.3 Å². The molecule has 2 radical (unpaired) electrons. The van der Waals surface area contributed by atoms with Crippen LogP contribution in [0.15, 0.2) is 60.8 Å². The van der Waals surface area contributed by atoms with Crippen molar-refractivity contribution in [3.63, 3.8) is 0 Å². The average Bonchev–Trinajstić information content (AvgIpc) is 3.21. The van der Waals surface area contributed by atoms with Gasteiger partial charge in [0.15, 0.2) is 5.65 Å². The zero-order chi connectivity index (χ0) is 23.2. The van der Waals surface area contributed by atoms with Crippen molar-refractivity contribution in [2.45, 2.75) is 13.5 Å². The molecule has 0 saturated heterocycles. The van der Waals surface area contributed by atoms with Crippen LogP contribution in [0.1, 0.15) is 22.8 Å². The van der Waals surface area contributed by atoms with Crippen LogP contribution in [0.25, 0.3) is 16.9 Å². The lowest BCUT2D eigenvalue weighted by Gasteiger charge is -2.12. The Morgan fingerprint density at radius 3 is 2.73 bits per heavy atom. The SMILES string of the molecule is [B]c1cnn2c(NCc3ccc(C(=O)NCCSCC)cc3)cc(-c3ccccc3F)nc12. The molecule has 2 heterocycles. The molecule has 0 unspecified atom stereocenters. The quantitative estimate of drug-likeness (QED) is 0.297. The van der Waals surface area contributed by atoms with Crippen molar-refractivity contribution < 1.29 is 9.18 Å². The standard InChI is InChI=1S/C24H23BFN5OS/c1-2-33-12-11-27-24(32)17-9-7-16(8-10-17)14-28-22-13-21(18-5-3-4-6-20(18)26)30-23-19(25)15-29-31(22)23/h3-10,13,15,28H,2,11-12,14H2,1H3,(H,27,32). The van der Waals surface area contributed by atoms with E-state index < -0.39 is 0 Å². The van der Waals surface area contributed by atoms with Gasteiger partial charge in [-0.2, -0.15) is 21.4 Å². The van der Waals surface area contributed by atoms with Crippen molar-refractivity contribution in [3.05, 3.63) is 77.7 Å². The highest BCUT2D eigenvalue weighted by Gasteiger charge is 2.13. The number of halogens is 1. The van der Waals surface area contributed by atoms with Crippen LogP contribution >= 0.6 is 11.8 Å². The maximum atomic E-state index is 14.4. The number of nitrogens with zero attached hydrogens (tertiary/aromatic N) is 3. The van der Waals surface area contributed by atoms with Gasteiger partial charge in [0.25, 0.3) is 5.91 Å². The first kappa shape index (κ1) is 22.9. The third-order valence-corrected chi connectivity index (χ3v) is 5.98. The summed E-state index contributed by atoms with van der Waals surface area (Å²) in [6, 6.07) is 15.6. The first-order valence-electron chi connectivity index (χ1n) is 10.6. The minimum atomic E-state index is -0.361. The van der Waals surface area contributed by atoms with Crippen LogP contribution in [0.2, 0.25) is 0 Å². The van der Waals surface area contributed by atoms with E-state index in [2.05, 4.69) is 27.6 Å². The minimum absolute atomic E-state index is 0.0800. The number of hydrogen-bond donors (Lipinski definition) is 2. The van der Waals surface area contributed by atoms with E-state index in [-0.39, 0.29) is 11.7 Å². The number of fused-ring (bicyclic) bond motifs is 1. The van der Waals surface area contributed by atoms with Gasteiger partial charge in [-0.25, -0.2) is 9.37 Å². The lowest BCUT2D eigenvalue weighted by molar-refractivity contribution is 0.0956. The molecule has 9 heteroatoms. The highest BCUT2D eigenvalue weighted by molar-refractivity contribution is 7.99. The highest BCUT2D eigenvalue weighted by Crippen LogP contribution is 2.24. The predicted molar refractivity (Wildman–Crippen MR) is 133 cm³/mol. The van der Waals surface area contributed by atoms with Gasteiger partial charge in [-0.05, 0) is 41.0 Å². The van der Waals surface area contributed by atoms with Crippen LogP contribution in [0.4, 0.5) is 10.2 Å². The molecule has 2 aromatic heterocycles. The molecular weight excluding hydrogens is 436 g/mol. The van der Waals surface area contributed by atoms with E-state index in [4.69, 9.17) is 7.85 Å². The van der Waals surface area contributed by atoms with Gasteiger partial charge in [0.2, 0.25) is 0 Å². The third kappa shape index (κ3) is 5.36. The smallest absolute Gasteiger partial charge is 0.251 e. The second-order valence-corrected chi connectivity index (χ2v) is 8.74. The summed E-state index contributed by atoms with van der Waals surface area (Å²) in [6.07, 6.45) is 1.52. The topological polar surface area (TPSA) is 71.3 Å². The molecule has 6 nitrogen and oxygen atoms in total. The Kier molecular flexibility index (Phi) is 7.29. The van der Waals surface area contributed by atoms with Crippen molar-refractivity contribution in [2.75, 3.05) is 23.4 Å². The van der Waals surface area contributed by atoms with Gasteiger partial charge < -0.3 is 10.6 Å². The Morgan fingerprint density at radius 2 is 1.97 bits per heavy atom. The molecule has 0 atom stereocenters. The van der Waals surface area contributed by atoms with E-state index in [0.717, 1.165) is 17.1 Å². The fraction of sp³-hybridized carbons (Fsp3) is 0.208. The van der Waals surface area contributed by atoms with Gasteiger partial charge in [-0.3, -0.25) is 4.79 Å². The first-order chi connectivity index (χ1) is 16.1. The Balaban J connectivity index is 1.50. The fourth-order valence-corrected chi connectivity index (χ4v) is 3.90. The molecule has 0 aliphatic rings. The van der Waals surface area contributed by atoms with Gasteiger partial charge in [0, 0.05) is 42.2 Å². The van der Waals surface area contributed by atoms with E-state index in [9.17, 15) is 9.18 Å². The van der Waals surface area contributed by atoms with Gasteiger partial charge in [0.1, 0.15) is 19.5 Å². The van der Waals surface area contributed by atoms with Crippen LogP contribution in [0.5, 0.6) is 0 Å². The Bertz CT molecular complexity index is 1260. The molecule has 0 aliphatic carbocycles. The molecule has 166 valence electrons. The lowest BCUT2D eigenvalue weighted by atomic mass is 10.0. The number of nitrogens with one attached hydrogen (secondary N) is 2. The zero-order valence-electron chi connectivity index (χ0n) is 18.2. The molecule has 0 aliphatic heterocycles. The molecule has 4 rings (SSSR count). The summed E-state index contributed by atoms with van der Waals surface area (Å²) in [4.78, 5) is 16.7. The number of carbonyl (C=O) groups excluding carboxylic acids is 1. The Hall–Kier alpha value is -3.33. The minimum Gasteiger partial charge on any atom is -0.366 e. The Morgan fingerprint density at radius 1 is 1.18 bits per heavy atom. The number of thioether (sulfide) groups is 1. The van der Waals surface area contributed by atoms with Crippen LogP contribution in [-0.2, 0) is 6.54 Å². The molecule has 0 bridgehead atoms. The first-order valence-corrected chi connectivity index (χ1v) is 11.8. The van der Waals surface area contributed by atoms with E-state index in [0.29, 0.717) is 46.8 Å². The Labute approximate surface area is 197 Å². The number of aromatic nitrogens is 3. The van der Waals surface area contributed by atoms with Crippen LogP contribution in [-0.4, -0.2) is 46.4 Å². The molecular formula is C24H23BFN5OS. The zero-order valence-corrected chi connectivity index (χ0v) is 19.0. The average molecular weight is 459 g/mol. The van der Waals surface area contributed by atoms with Gasteiger partial charge >= 0.3 is 0 Å². The highest BCUT2D eigenvalue weighted by atomic mass is 32.2. The predicted octanol–water partition coefficient (Wildman–Crippen LogP) is 3.42. The van der Waals surface area contributed by atoms with E-state index >= 15 is 0 Å².